The van der Waals surface area contributed by atoms with E-state index in [1.807, 2.05) is 19.1 Å². The van der Waals surface area contributed by atoms with E-state index in [0.29, 0.717) is 31.0 Å². The molecular formula is C24H21F3N4O4. The number of benzene rings is 2. The molecule has 1 saturated heterocycles. The molecule has 0 bridgehead atoms. The van der Waals surface area contributed by atoms with E-state index in [9.17, 15) is 13.2 Å². The van der Waals surface area contributed by atoms with E-state index in [2.05, 4.69) is 36.9 Å². The van der Waals surface area contributed by atoms with Crippen LogP contribution in [0, 0.1) is 6.92 Å². The Labute approximate surface area is 198 Å². The molecule has 3 heterocycles. The number of aromatic nitrogens is 3. The molecule has 182 valence electrons. The fourth-order valence-corrected chi connectivity index (χ4v) is 3.79. The van der Waals surface area contributed by atoms with Crippen LogP contribution >= 0.6 is 0 Å². The van der Waals surface area contributed by atoms with Gasteiger partial charge in [-0.2, -0.15) is 4.98 Å². The minimum Gasteiger partial charge on any atom is -0.438 e. The summed E-state index contributed by atoms with van der Waals surface area (Å²) in [5.74, 6) is 0.736. The monoisotopic (exact) mass is 486 g/mol. The van der Waals surface area contributed by atoms with E-state index in [0.717, 1.165) is 30.0 Å². The van der Waals surface area contributed by atoms with Gasteiger partial charge >= 0.3 is 12.3 Å². The maximum atomic E-state index is 12.3. The number of hydrogen-bond donors (Lipinski definition) is 0. The lowest BCUT2D eigenvalue weighted by molar-refractivity contribution is -0.274. The standard InChI is InChI=1S/C24H21F3N4O4/c1-15-20(14-16-3-2-4-18(13-16)31-9-11-32-12-10-31)28-22(33-15)23-29-21(30-35-23)17-5-7-19(8-6-17)34-24(25,26)27/h2-8,13H,9-12,14H2,1H3. The molecule has 0 radical (unpaired) electrons. The van der Waals surface area contributed by atoms with Crippen LogP contribution in [-0.2, 0) is 11.2 Å². The summed E-state index contributed by atoms with van der Waals surface area (Å²) < 4.78 is 57.4. The number of oxazole rings is 1. The van der Waals surface area contributed by atoms with Crippen molar-refractivity contribution in [1.82, 2.24) is 15.1 Å². The highest BCUT2D eigenvalue weighted by Gasteiger charge is 2.31. The molecule has 11 heteroatoms. The van der Waals surface area contributed by atoms with Crippen LogP contribution in [0.5, 0.6) is 5.75 Å². The number of hydrogen-bond acceptors (Lipinski definition) is 8. The molecular weight excluding hydrogens is 465 g/mol. The Balaban J connectivity index is 1.30. The molecule has 0 atom stereocenters. The van der Waals surface area contributed by atoms with Crippen molar-refractivity contribution in [3.63, 3.8) is 0 Å². The molecule has 1 aliphatic heterocycles. The molecule has 0 unspecified atom stereocenters. The Kier molecular flexibility index (Phi) is 6.16. The van der Waals surface area contributed by atoms with Gasteiger partial charge < -0.3 is 23.3 Å². The predicted octanol–water partition coefficient (Wildman–Crippen LogP) is 5.03. The zero-order valence-electron chi connectivity index (χ0n) is 18.7. The van der Waals surface area contributed by atoms with Crippen LogP contribution in [0.2, 0.25) is 0 Å². The first-order valence-electron chi connectivity index (χ1n) is 10.9. The minimum atomic E-state index is -4.76. The lowest BCUT2D eigenvalue weighted by atomic mass is 10.1. The Hall–Kier alpha value is -3.86. The molecule has 1 fully saturated rings. The lowest BCUT2D eigenvalue weighted by Crippen LogP contribution is -2.36. The summed E-state index contributed by atoms with van der Waals surface area (Å²) in [6.07, 6.45) is -4.19. The Bertz CT molecular complexity index is 1290. The minimum absolute atomic E-state index is 0.0760. The van der Waals surface area contributed by atoms with E-state index >= 15 is 0 Å². The third-order valence-electron chi connectivity index (χ3n) is 5.51. The molecule has 2 aromatic heterocycles. The third-order valence-corrected chi connectivity index (χ3v) is 5.51. The average Bonchev–Trinajstić information content (AvgIpc) is 3.47. The zero-order chi connectivity index (χ0) is 24.4. The summed E-state index contributed by atoms with van der Waals surface area (Å²) in [6.45, 7) is 4.96. The summed E-state index contributed by atoms with van der Waals surface area (Å²) in [4.78, 5) is 11.1. The molecule has 0 spiro atoms. The summed E-state index contributed by atoms with van der Waals surface area (Å²) in [5, 5.41) is 3.89. The molecule has 0 amide bonds. The van der Waals surface area contributed by atoms with E-state index in [-0.39, 0.29) is 23.4 Å². The quantitative estimate of drug-likeness (QED) is 0.375. The highest BCUT2D eigenvalue weighted by atomic mass is 19.4. The van der Waals surface area contributed by atoms with Gasteiger partial charge in [0.2, 0.25) is 5.82 Å². The van der Waals surface area contributed by atoms with Crippen LogP contribution in [0.25, 0.3) is 23.2 Å². The smallest absolute Gasteiger partial charge is 0.438 e. The van der Waals surface area contributed by atoms with Crippen molar-refractivity contribution in [2.45, 2.75) is 19.7 Å². The topological polar surface area (TPSA) is 86.7 Å². The van der Waals surface area contributed by atoms with Crippen molar-refractivity contribution >= 4 is 5.69 Å². The first-order chi connectivity index (χ1) is 16.8. The molecule has 0 aliphatic carbocycles. The third kappa shape index (κ3) is 5.46. The molecule has 2 aromatic carbocycles. The average molecular weight is 486 g/mol. The second-order valence-corrected chi connectivity index (χ2v) is 7.96. The number of anilines is 1. The highest BCUT2D eigenvalue weighted by Crippen LogP contribution is 2.28. The van der Waals surface area contributed by atoms with Crippen LogP contribution in [0.3, 0.4) is 0 Å². The van der Waals surface area contributed by atoms with Gasteiger partial charge in [-0.3, -0.25) is 0 Å². The number of ether oxygens (including phenoxy) is 2. The van der Waals surface area contributed by atoms with Crippen LogP contribution in [0.15, 0.2) is 57.5 Å². The highest BCUT2D eigenvalue weighted by molar-refractivity contribution is 5.58. The van der Waals surface area contributed by atoms with Gasteiger partial charge in [-0.25, -0.2) is 4.98 Å². The van der Waals surface area contributed by atoms with Gasteiger partial charge in [-0.05, 0) is 48.9 Å². The van der Waals surface area contributed by atoms with Crippen LogP contribution < -0.4 is 9.64 Å². The Morgan fingerprint density at radius 1 is 1.00 bits per heavy atom. The van der Waals surface area contributed by atoms with Crippen molar-refractivity contribution < 1.29 is 31.6 Å². The van der Waals surface area contributed by atoms with E-state index in [1.54, 1.807) is 0 Å². The van der Waals surface area contributed by atoms with Crippen molar-refractivity contribution in [3.05, 3.63) is 65.5 Å². The first kappa shape index (κ1) is 22.9. The van der Waals surface area contributed by atoms with E-state index < -0.39 is 6.36 Å². The lowest BCUT2D eigenvalue weighted by Gasteiger charge is -2.29. The van der Waals surface area contributed by atoms with Gasteiger partial charge in [0, 0.05) is 30.8 Å². The number of halogens is 3. The van der Waals surface area contributed by atoms with Crippen LogP contribution in [0.4, 0.5) is 18.9 Å². The number of aryl methyl sites for hydroxylation is 1. The zero-order valence-corrected chi connectivity index (χ0v) is 18.7. The summed E-state index contributed by atoms with van der Waals surface area (Å²) in [5.41, 5.74) is 3.43. The largest absolute Gasteiger partial charge is 0.573 e. The summed E-state index contributed by atoms with van der Waals surface area (Å²) in [7, 11) is 0. The van der Waals surface area contributed by atoms with Crippen LogP contribution in [0.1, 0.15) is 17.0 Å². The molecule has 1 aliphatic rings. The van der Waals surface area contributed by atoms with Gasteiger partial charge in [-0.1, -0.05) is 17.3 Å². The molecule has 0 N–H and O–H groups in total. The maximum Gasteiger partial charge on any atom is 0.573 e. The van der Waals surface area contributed by atoms with Crippen molar-refractivity contribution in [2.75, 3.05) is 31.2 Å². The second-order valence-electron chi connectivity index (χ2n) is 7.96. The van der Waals surface area contributed by atoms with Crippen molar-refractivity contribution in [3.8, 4) is 28.9 Å². The van der Waals surface area contributed by atoms with E-state index in [1.165, 1.54) is 24.3 Å². The fourth-order valence-electron chi connectivity index (χ4n) is 3.79. The van der Waals surface area contributed by atoms with Gasteiger partial charge in [-0.15, -0.1) is 13.2 Å². The molecule has 0 saturated carbocycles. The second kappa shape index (κ2) is 9.41. The van der Waals surface area contributed by atoms with Crippen LogP contribution in [-0.4, -0.2) is 47.8 Å². The number of morpholine rings is 1. The van der Waals surface area contributed by atoms with Gasteiger partial charge in [0.05, 0.1) is 18.9 Å². The van der Waals surface area contributed by atoms with Crippen molar-refractivity contribution in [1.29, 1.82) is 0 Å². The summed E-state index contributed by atoms with van der Waals surface area (Å²) in [6, 6.07) is 13.4. The van der Waals surface area contributed by atoms with Gasteiger partial charge in [0.1, 0.15) is 11.5 Å². The van der Waals surface area contributed by atoms with Gasteiger partial charge in [0.25, 0.3) is 5.89 Å². The molecule has 5 rings (SSSR count). The first-order valence-corrected chi connectivity index (χ1v) is 10.9. The predicted molar refractivity (Wildman–Crippen MR) is 119 cm³/mol. The maximum absolute atomic E-state index is 12.3. The SMILES string of the molecule is Cc1oc(-c2nc(-c3ccc(OC(F)(F)F)cc3)no2)nc1Cc1cccc(N2CCOCC2)c1. The molecule has 4 aromatic rings. The number of nitrogens with zero attached hydrogens (tertiary/aromatic N) is 4. The van der Waals surface area contributed by atoms with E-state index in [4.69, 9.17) is 13.7 Å². The Morgan fingerprint density at radius 2 is 1.77 bits per heavy atom. The Morgan fingerprint density at radius 3 is 2.51 bits per heavy atom. The fraction of sp³-hybridized carbons (Fsp3) is 0.292. The number of alkyl halides is 3. The normalized spacial score (nSPS) is 14.3. The van der Waals surface area contributed by atoms with Gasteiger partial charge in [0.15, 0.2) is 0 Å². The summed E-state index contributed by atoms with van der Waals surface area (Å²) >= 11 is 0. The van der Waals surface area contributed by atoms with Crippen molar-refractivity contribution in [2.24, 2.45) is 0 Å². The molecule has 35 heavy (non-hydrogen) atoms. The number of rotatable bonds is 6. The molecule has 8 nitrogen and oxygen atoms in total.